The highest BCUT2D eigenvalue weighted by atomic mass is 16.3. The van der Waals surface area contributed by atoms with E-state index in [9.17, 15) is 0 Å². The van der Waals surface area contributed by atoms with Crippen molar-refractivity contribution in [1.29, 1.82) is 0 Å². The predicted molar refractivity (Wildman–Crippen MR) is 165 cm³/mol. The van der Waals surface area contributed by atoms with Crippen molar-refractivity contribution in [2.45, 2.75) is 0 Å². The molecule has 0 saturated carbocycles. The van der Waals surface area contributed by atoms with Crippen LogP contribution in [0.2, 0.25) is 0 Å². The fraction of sp³-hybridized carbons (Fsp3) is 0. The van der Waals surface area contributed by atoms with Crippen LogP contribution in [0.1, 0.15) is 0 Å². The van der Waals surface area contributed by atoms with E-state index in [1.54, 1.807) is 0 Å². The summed E-state index contributed by atoms with van der Waals surface area (Å²) >= 11 is 0. The van der Waals surface area contributed by atoms with Crippen molar-refractivity contribution in [2.75, 3.05) is 0 Å². The number of rotatable bonds is 4. The van der Waals surface area contributed by atoms with E-state index in [0.717, 1.165) is 39.0 Å². The highest BCUT2D eigenvalue weighted by Gasteiger charge is 2.12. The van der Waals surface area contributed by atoms with Gasteiger partial charge in [0.15, 0.2) is 5.58 Å². The summed E-state index contributed by atoms with van der Waals surface area (Å²) in [6, 6.07) is 50.9. The fourth-order valence-corrected chi connectivity index (χ4v) is 5.67. The topological polar surface area (TPSA) is 31.0 Å². The molecule has 0 atom stereocenters. The van der Waals surface area contributed by atoms with Gasteiger partial charge in [-0.1, -0.05) is 97.1 Å². The predicted octanol–water partition coefficient (Wildman–Crippen LogP) is 9.93. The van der Waals surface area contributed by atoms with Gasteiger partial charge in [0.25, 0.3) is 0 Å². The largest absolute Gasteiger partial charge is 0.436 e. The van der Waals surface area contributed by atoms with Crippen molar-refractivity contribution in [3.05, 3.63) is 146 Å². The summed E-state index contributed by atoms with van der Waals surface area (Å²) in [5.74, 6) is 0.633. The summed E-state index contributed by atoms with van der Waals surface area (Å²) in [6.45, 7) is 0. The first-order chi connectivity index (χ1) is 19.8. The Morgan fingerprint density at radius 3 is 1.65 bits per heavy atom. The third kappa shape index (κ3) is 3.71. The quantitative estimate of drug-likeness (QED) is 0.235. The third-order valence-electron chi connectivity index (χ3n) is 7.67. The molecule has 0 aliphatic heterocycles. The van der Waals surface area contributed by atoms with E-state index >= 15 is 0 Å². The van der Waals surface area contributed by atoms with Gasteiger partial charge in [-0.3, -0.25) is 0 Å². The maximum absolute atomic E-state index is 6.18. The standard InChI is InChI=1S/C37H24N2O/c1-2-8-25(9-3-1)29-20-23-33-36(24-29)40-37(38-33)28-16-14-26(15-17-28)27-18-21-30(22-19-27)39-34-12-6-4-10-31(34)32-11-5-7-13-35(32)39/h1-24H. The van der Waals surface area contributed by atoms with Crippen molar-refractivity contribution in [3.8, 4) is 39.4 Å². The summed E-state index contributed by atoms with van der Waals surface area (Å²) in [6.07, 6.45) is 0. The molecule has 3 heteroatoms. The Hall–Kier alpha value is -5.41. The van der Waals surface area contributed by atoms with Crippen LogP contribution in [0.3, 0.4) is 0 Å². The Morgan fingerprint density at radius 2 is 0.975 bits per heavy atom. The number of nitrogens with zero attached hydrogens (tertiary/aromatic N) is 2. The Labute approximate surface area is 231 Å². The van der Waals surface area contributed by atoms with Crippen LogP contribution >= 0.6 is 0 Å². The second-order valence-corrected chi connectivity index (χ2v) is 10.1. The lowest BCUT2D eigenvalue weighted by Gasteiger charge is -2.09. The van der Waals surface area contributed by atoms with E-state index in [4.69, 9.17) is 9.40 Å². The molecule has 0 fully saturated rings. The second kappa shape index (κ2) is 9.11. The van der Waals surface area contributed by atoms with E-state index in [0.29, 0.717) is 5.89 Å². The van der Waals surface area contributed by atoms with Crippen LogP contribution in [0.15, 0.2) is 150 Å². The van der Waals surface area contributed by atoms with Gasteiger partial charge >= 0.3 is 0 Å². The zero-order valence-corrected chi connectivity index (χ0v) is 21.7. The van der Waals surface area contributed by atoms with Crippen LogP contribution in [-0.2, 0) is 0 Å². The van der Waals surface area contributed by atoms with Crippen LogP contribution in [0.4, 0.5) is 0 Å². The van der Waals surface area contributed by atoms with Crippen molar-refractivity contribution in [3.63, 3.8) is 0 Å². The number of aromatic nitrogens is 2. The highest BCUT2D eigenvalue weighted by molar-refractivity contribution is 6.09. The number of hydrogen-bond donors (Lipinski definition) is 0. The number of oxazole rings is 1. The molecule has 40 heavy (non-hydrogen) atoms. The maximum atomic E-state index is 6.18. The molecule has 8 rings (SSSR count). The molecule has 0 amide bonds. The Bertz CT molecular complexity index is 2080. The molecule has 6 aromatic carbocycles. The molecule has 0 unspecified atom stereocenters. The summed E-state index contributed by atoms with van der Waals surface area (Å²) in [7, 11) is 0. The number of para-hydroxylation sites is 2. The highest BCUT2D eigenvalue weighted by Crippen LogP contribution is 2.33. The lowest BCUT2D eigenvalue weighted by molar-refractivity contribution is 0.620. The van der Waals surface area contributed by atoms with Gasteiger partial charge < -0.3 is 8.98 Å². The first-order valence-electron chi connectivity index (χ1n) is 13.5. The third-order valence-corrected chi connectivity index (χ3v) is 7.67. The molecule has 8 aromatic rings. The summed E-state index contributed by atoms with van der Waals surface area (Å²) in [5.41, 5.74) is 10.8. The van der Waals surface area contributed by atoms with Crippen molar-refractivity contribution < 1.29 is 4.42 Å². The van der Waals surface area contributed by atoms with Gasteiger partial charge in [-0.05, 0) is 70.8 Å². The normalized spacial score (nSPS) is 11.5. The molecular formula is C37H24N2O. The summed E-state index contributed by atoms with van der Waals surface area (Å²) < 4.78 is 8.52. The fourth-order valence-electron chi connectivity index (χ4n) is 5.67. The Kier molecular flexibility index (Phi) is 5.14. The Balaban J connectivity index is 1.10. The Morgan fingerprint density at radius 1 is 0.450 bits per heavy atom. The minimum absolute atomic E-state index is 0.633. The van der Waals surface area contributed by atoms with Crippen molar-refractivity contribution in [1.82, 2.24) is 9.55 Å². The van der Waals surface area contributed by atoms with Gasteiger partial charge in [0.05, 0.1) is 11.0 Å². The number of fused-ring (bicyclic) bond motifs is 4. The molecule has 3 nitrogen and oxygen atoms in total. The molecule has 0 radical (unpaired) electrons. The monoisotopic (exact) mass is 512 g/mol. The van der Waals surface area contributed by atoms with Crippen LogP contribution in [-0.4, -0.2) is 9.55 Å². The van der Waals surface area contributed by atoms with Gasteiger partial charge in [0, 0.05) is 22.0 Å². The number of benzene rings is 6. The summed E-state index contributed by atoms with van der Waals surface area (Å²) in [5, 5.41) is 2.54. The zero-order valence-electron chi connectivity index (χ0n) is 21.7. The first-order valence-corrected chi connectivity index (χ1v) is 13.5. The minimum atomic E-state index is 0.633. The zero-order chi connectivity index (χ0) is 26.5. The molecule has 0 N–H and O–H groups in total. The molecule has 0 aliphatic carbocycles. The SMILES string of the molecule is c1ccc(-c2ccc3nc(-c4ccc(-c5ccc(-n6c7ccccc7c7ccccc76)cc5)cc4)oc3c2)cc1. The second-order valence-electron chi connectivity index (χ2n) is 10.1. The van der Waals surface area contributed by atoms with Gasteiger partial charge in [-0.15, -0.1) is 0 Å². The summed E-state index contributed by atoms with van der Waals surface area (Å²) in [4.78, 5) is 4.74. The van der Waals surface area contributed by atoms with Crippen LogP contribution in [0, 0.1) is 0 Å². The molecule has 0 saturated heterocycles. The molecule has 0 bridgehead atoms. The van der Waals surface area contributed by atoms with Gasteiger partial charge in [-0.25, -0.2) is 4.98 Å². The average Bonchev–Trinajstić information content (AvgIpc) is 3.61. The van der Waals surface area contributed by atoms with E-state index < -0.39 is 0 Å². The van der Waals surface area contributed by atoms with E-state index in [1.165, 1.54) is 27.4 Å². The van der Waals surface area contributed by atoms with E-state index in [-0.39, 0.29) is 0 Å². The van der Waals surface area contributed by atoms with Gasteiger partial charge in [-0.2, -0.15) is 0 Å². The lowest BCUT2D eigenvalue weighted by atomic mass is 10.0. The smallest absolute Gasteiger partial charge is 0.227 e. The molecule has 2 aromatic heterocycles. The van der Waals surface area contributed by atoms with Crippen LogP contribution < -0.4 is 0 Å². The molecule has 0 aliphatic rings. The molecule has 0 spiro atoms. The maximum Gasteiger partial charge on any atom is 0.227 e. The van der Waals surface area contributed by atoms with Crippen molar-refractivity contribution >= 4 is 32.9 Å². The first kappa shape index (κ1) is 22.6. The minimum Gasteiger partial charge on any atom is -0.436 e. The van der Waals surface area contributed by atoms with Gasteiger partial charge in [0.1, 0.15) is 5.52 Å². The van der Waals surface area contributed by atoms with E-state index in [1.807, 2.05) is 24.3 Å². The van der Waals surface area contributed by atoms with Crippen LogP contribution in [0.5, 0.6) is 0 Å². The average molecular weight is 513 g/mol. The van der Waals surface area contributed by atoms with Gasteiger partial charge in [0.2, 0.25) is 5.89 Å². The molecule has 2 heterocycles. The molecule has 188 valence electrons. The van der Waals surface area contributed by atoms with Crippen molar-refractivity contribution in [2.24, 2.45) is 0 Å². The lowest BCUT2D eigenvalue weighted by Crippen LogP contribution is -1.93. The number of hydrogen-bond acceptors (Lipinski definition) is 2. The molecular weight excluding hydrogens is 488 g/mol. The van der Waals surface area contributed by atoms with E-state index in [2.05, 4.69) is 126 Å². The van der Waals surface area contributed by atoms with Crippen LogP contribution in [0.25, 0.3) is 72.3 Å².